The van der Waals surface area contributed by atoms with Gasteiger partial charge in [0.2, 0.25) is 11.0 Å². The number of thiazole rings is 2. The SMILES string of the molecule is Cc1ccc2c(c1C(=O)O)OB(O)[C@@H](SCC(N)=O)C2.Cc1ccc2c(c1C(=O)O)OB(O)[C@@H](SCCc1nnc(N)s1)C2.Cc1ccc2c(c1C(=O)O)OB(O)[C@@H](Sc1cnc(N)s1)C2.Cc1ccc2c(c1C(=O)O)OB(O)[C@@H](Sc1cnns1)C2.Cc1ccc2c(c1C(=O)O)OB(O)[C@@H](Sc1ncc(C(N)=O)s1)C2.[C-]#[N+]CS[C@H]1Cc2ccc(C)c(C(=O)O)c2OB1O. The zero-order valence-corrected chi connectivity index (χ0v) is 77.4. The van der Waals surface area contributed by atoms with Gasteiger partial charge in [-0.3, -0.25) is 9.59 Å². The molecule has 6 aliphatic rings. The first-order chi connectivity index (χ1) is 61.8. The summed E-state index contributed by atoms with van der Waals surface area (Å²) >= 11 is 13.3. The van der Waals surface area contributed by atoms with Crippen molar-refractivity contribution in [2.45, 2.75) is 130 Å². The number of fused-ring (bicyclic) bond motifs is 6. The Balaban J connectivity index is 0.000000151. The second-order valence-electron chi connectivity index (χ2n) is 29.2. The van der Waals surface area contributed by atoms with Crippen molar-refractivity contribution in [2.75, 3.05) is 28.8 Å². The number of aromatic carboxylic acids is 6. The van der Waals surface area contributed by atoms with Crippen molar-refractivity contribution in [3.05, 3.63) is 213 Å². The first kappa shape index (κ1) is 100. The van der Waals surface area contributed by atoms with Crippen LogP contribution in [0.5, 0.6) is 34.5 Å². The summed E-state index contributed by atoms with van der Waals surface area (Å²) in [5.41, 5.74) is 30.2. The van der Waals surface area contributed by atoms with Crippen LogP contribution in [0.15, 0.2) is 104 Å². The summed E-state index contributed by atoms with van der Waals surface area (Å²) in [6, 6.07) is 21.4. The van der Waals surface area contributed by atoms with E-state index >= 15 is 0 Å². The maximum Gasteiger partial charge on any atom is 0.537 e. The molecule has 6 atom stereocenters. The minimum Gasteiger partial charge on any atom is -0.535 e. The summed E-state index contributed by atoms with van der Waals surface area (Å²) in [5.74, 6) is -4.84. The molecule has 0 fully saturated rings. The Morgan fingerprint density at radius 1 is 0.423 bits per heavy atom. The highest BCUT2D eigenvalue weighted by molar-refractivity contribution is 8.04. The van der Waals surface area contributed by atoms with Crippen molar-refractivity contribution in [2.24, 2.45) is 11.5 Å². The summed E-state index contributed by atoms with van der Waals surface area (Å²) in [6.45, 7) is 16.9. The smallest absolute Gasteiger partial charge is 0.535 e. The van der Waals surface area contributed by atoms with Gasteiger partial charge in [-0.15, -0.1) is 61.9 Å². The molecule has 0 radical (unpaired) electrons. The highest BCUT2D eigenvalue weighted by Crippen LogP contribution is 2.45. The maximum atomic E-state index is 11.4. The molecule has 0 aliphatic carbocycles. The molecule has 10 aromatic rings. The number of carbonyl (C=O) groups is 8. The van der Waals surface area contributed by atoms with Crippen molar-refractivity contribution in [3.8, 4) is 34.5 Å². The Morgan fingerprint density at radius 3 is 1.06 bits per heavy atom. The van der Waals surface area contributed by atoms with Crippen LogP contribution in [0.25, 0.3) is 4.85 Å². The lowest BCUT2D eigenvalue weighted by Gasteiger charge is -2.28. The average Bonchev–Trinajstić information content (AvgIpc) is 1.40. The molecule has 0 spiro atoms. The van der Waals surface area contributed by atoms with Crippen LogP contribution in [0.1, 0.15) is 144 Å². The largest absolute Gasteiger partial charge is 0.537 e. The van der Waals surface area contributed by atoms with E-state index in [1.54, 1.807) is 114 Å². The van der Waals surface area contributed by atoms with Crippen LogP contribution in [0.3, 0.4) is 0 Å². The molecule has 53 heteroatoms. The third-order valence-corrected chi connectivity index (χ3v) is 31.1. The Kier molecular flexibility index (Phi) is 34.8. The third-order valence-electron chi connectivity index (χ3n) is 20.1. The Morgan fingerprint density at radius 2 is 0.762 bits per heavy atom. The molecule has 16 rings (SSSR count). The highest BCUT2D eigenvalue weighted by Gasteiger charge is 2.45. The van der Waals surface area contributed by atoms with E-state index < -0.39 is 90.3 Å². The van der Waals surface area contributed by atoms with Crippen molar-refractivity contribution in [1.82, 2.24) is 29.8 Å². The standard InChI is InChI=1S/C14H16BN3O4S2.C14H13BN2O5S2.C13H13BN2O4S2.C12H11BN2O4S2.C12H14BNO5S.C12H12BNO4S/c1-7-2-3-8-6-9(15(21)22-12(8)11(7)13(19)20)23-5-4-10-17-18-14(16)24-10;1-6-2-3-7-4-9(15(21)22-11(7)10(6)13(19)20)24-14-17-5-8(23-14)12(16)18;1-6-2-3-7-4-8(21-9-5-16-13(15)22-9)14(19)20-11(7)10(6)12(17)18;1-6-2-3-7-4-8(20-9-5-14-15-21-9)13(18)19-11(7)10(6)12(16)17;1-6-2-3-7-4-8(20-5-9(14)15)13(18)19-11(7)10(6)12(16)17;1-7-3-4-8-5-9(19-6-14-2)13(17)18-11(8)10(7)12(15)16/h2-3,9,21H,4-6H2,1H3,(H2,16,18)(H,19,20);2-3,5,9,21H,4H2,1H3,(H2,16,18)(H,19,20);2-3,5,8,19H,4H2,1H3,(H2,15,16)(H,17,18);2-3,5,8,18H,4H2,1H3,(H,16,17);2-3,8,18H,4-5H2,1H3,(H2,14,15)(H,16,17);3-4,9,17H,5-6H2,1H3,(H,15,16)/t2*9-;3*8-;9-/m000000/s1. The third kappa shape index (κ3) is 25.1. The van der Waals surface area contributed by atoms with Gasteiger partial charge in [0.1, 0.15) is 86.3 Å². The molecule has 6 aromatic carbocycles. The van der Waals surface area contributed by atoms with Crippen molar-refractivity contribution < 1.29 is 127 Å². The molecule has 6 aliphatic heterocycles. The highest BCUT2D eigenvalue weighted by atomic mass is 32.2. The normalized spacial score (nSPS) is 16.9. The van der Waals surface area contributed by atoms with Crippen LogP contribution >= 0.6 is 116 Å². The Bertz CT molecular complexity index is 5950. The van der Waals surface area contributed by atoms with Crippen LogP contribution in [-0.4, -0.2) is 229 Å². The summed E-state index contributed by atoms with van der Waals surface area (Å²) in [4.78, 5) is 102. The van der Waals surface area contributed by atoms with Crippen LogP contribution in [0.2, 0.25) is 0 Å². The molecular formula is C77H79B6N11O26S10. The van der Waals surface area contributed by atoms with E-state index in [4.69, 9.17) is 57.4 Å². The fourth-order valence-corrected chi connectivity index (χ4v) is 23.4. The van der Waals surface area contributed by atoms with Gasteiger partial charge in [-0.05, 0) is 164 Å². The second-order valence-corrected chi connectivity index (χ2v) is 41.5. The lowest BCUT2D eigenvalue weighted by molar-refractivity contribution is -0.115. The fraction of sp³-hybridized carbons (Fsp3) is 0.286. The molecule has 10 heterocycles. The summed E-state index contributed by atoms with van der Waals surface area (Å²) in [7, 11) is -6.61. The first-order valence-electron chi connectivity index (χ1n) is 38.8. The number of nitrogens with two attached hydrogens (primary N) is 4. The van der Waals surface area contributed by atoms with Crippen LogP contribution in [0, 0.1) is 48.1 Å². The number of hydrogen-bond donors (Lipinski definition) is 16. The number of aromatic nitrogens is 6. The number of thioether (sulfide) groups is 6. The van der Waals surface area contributed by atoms with E-state index in [-0.39, 0.29) is 110 Å². The quantitative estimate of drug-likeness (QED) is 0.0225. The molecule has 130 heavy (non-hydrogen) atoms. The fourth-order valence-electron chi connectivity index (χ4n) is 13.9. The van der Waals surface area contributed by atoms with Gasteiger partial charge in [0, 0.05) is 6.42 Å². The van der Waals surface area contributed by atoms with Gasteiger partial charge in [-0.1, -0.05) is 123 Å². The summed E-state index contributed by atoms with van der Waals surface area (Å²) in [6.07, 6.45) is 8.34. The van der Waals surface area contributed by atoms with E-state index in [0.29, 0.717) is 109 Å². The average molecular weight is 1960 g/mol. The zero-order chi connectivity index (χ0) is 94.4. The molecule has 0 saturated heterocycles. The van der Waals surface area contributed by atoms with Crippen LogP contribution in [-0.2, 0) is 49.7 Å². The van der Waals surface area contributed by atoms with Gasteiger partial charge < -0.3 is 116 Å². The molecule has 0 bridgehead atoms. The number of anilines is 2. The van der Waals surface area contributed by atoms with E-state index in [9.17, 15) is 99.1 Å². The van der Waals surface area contributed by atoms with Crippen LogP contribution < -0.4 is 50.9 Å². The summed E-state index contributed by atoms with van der Waals surface area (Å²) < 4.78 is 38.9. The second kappa shape index (κ2) is 45.1. The molecule has 0 saturated carbocycles. The Hall–Kier alpha value is -10.4. The van der Waals surface area contributed by atoms with E-state index in [2.05, 4.69) is 34.6 Å². The van der Waals surface area contributed by atoms with Gasteiger partial charge in [-0.2, -0.15) is 11.8 Å². The topological polar surface area (TPSA) is 620 Å². The van der Waals surface area contributed by atoms with E-state index in [0.717, 1.165) is 52.8 Å². The number of carboxylic acids is 6. The van der Waals surface area contributed by atoms with E-state index in [1.807, 2.05) is 24.3 Å². The van der Waals surface area contributed by atoms with Crippen molar-refractivity contribution in [1.29, 1.82) is 0 Å². The molecular weight excluding hydrogens is 1880 g/mol. The molecule has 0 unspecified atom stereocenters. The monoisotopic (exact) mass is 1960 g/mol. The number of nitrogen functional groups attached to an aromatic ring is 2. The minimum atomic E-state index is -1.18. The predicted octanol–water partition coefficient (Wildman–Crippen LogP) is 8.16. The van der Waals surface area contributed by atoms with Crippen LogP contribution in [0.4, 0.5) is 10.3 Å². The zero-order valence-electron chi connectivity index (χ0n) is 69.3. The number of amides is 2. The molecule has 37 nitrogen and oxygen atoms in total. The number of carbonyl (C=O) groups excluding carboxylic acids is 2. The van der Waals surface area contributed by atoms with Gasteiger partial charge >= 0.3 is 78.5 Å². The van der Waals surface area contributed by atoms with Gasteiger partial charge in [0.05, 0.1) is 59.4 Å². The maximum absolute atomic E-state index is 11.4. The number of aryl methyl sites for hydroxylation is 7. The van der Waals surface area contributed by atoms with Gasteiger partial charge in [0.25, 0.3) is 11.8 Å². The number of rotatable bonds is 22. The number of carboxylic acid groups (broad SMARTS) is 6. The number of hydrogen-bond acceptors (Lipinski definition) is 38. The number of primary amides is 2. The first-order valence-corrected chi connectivity index (χ1v) is 47.8. The molecule has 2 amide bonds. The molecule has 20 N–H and O–H groups in total. The number of nitrogens with zero attached hydrogens (tertiary/aromatic N) is 7. The van der Waals surface area contributed by atoms with E-state index in [1.165, 1.54) is 99.2 Å². The van der Waals surface area contributed by atoms with Crippen molar-refractivity contribution >= 4 is 217 Å². The van der Waals surface area contributed by atoms with Gasteiger partial charge in [-0.25, -0.2) is 45.3 Å². The van der Waals surface area contributed by atoms with Gasteiger partial charge in [0.15, 0.2) is 5.13 Å². The lowest BCUT2D eigenvalue weighted by atomic mass is 9.77. The number of benzene rings is 6. The predicted molar refractivity (Wildman–Crippen MR) is 501 cm³/mol. The Labute approximate surface area is 785 Å². The van der Waals surface area contributed by atoms with Crippen molar-refractivity contribution in [3.63, 3.8) is 0 Å². The molecule has 676 valence electrons. The minimum absolute atomic E-state index is 0.0694. The molecule has 4 aromatic heterocycles. The summed E-state index contributed by atoms with van der Waals surface area (Å²) in [5, 5.41) is 128. The lowest BCUT2D eigenvalue weighted by Crippen LogP contribution is -2.41.